The van der Waals surface area contributed by atoms with Crippen LogP contribution in [-0.4, -0.2) is 88.0 Å². The maximum absolute atomic E-state index is 14.0. The molecule has 0 radical (unpaired) electrons. The Morgan fingerprint density at radius 1 is 0.907 bits per heavy atom. The number of carbonyl (C=O) groups is 2. The van der Waals surface area contributed by atoms with E-state index in [4.69, 9.17) is 14.2 Å². The predicted octanol–water partition coefficient (Wildman–Crippen LogP) is 5.89. The Bertz CT molecular complexity index is 1720. The number of fused-ring (bicyclic) bond motifs is 1. The molecule has 10 nitrogen and oxygen atoms in total. The Labute approximate surface area is 319 Å². The number of ether oxygens (including phenoxy) is 3. The fraction of sp³-hybridized carbons (Fsp3) is 0.818. The minimum atomic E-state index is -1.77. The summed E-state index contributed by atoms with van der Waals surface area (Å²) in [7, 11) is 1.72. The maximum Gasteiger partial charge on any atom is 0.335 e. The van der Waals surface area contributed by atoms with E-state index in [1.165, 1.54) is 5.57 Å². The first-order valence-electron chi connectivity index (χ1n) is 20.7. The molecule has 1 saturated heterocycles. The highest BCUT2D eigenvalue weighted by atomic mass is 16.7. The molecule has 6 fully saturated rings. The van der Waals surface area contributed by atoms with Gasteiger partial charge in [0.1, 0.15) is 18.3 Å². The van der Waals surface area contributed by atoms with Gasteiger partial charge in [0.2, 0.25) is 0 Å². The monoisotopic (exact) mass is 750 g/mol. The molecule has 17 atom stereocenters. The van der Waals surface area contributed by atoms with Crippen molar-refractivity contribution >= 4 is 11.9 Å². The summed E-state index contributed by atoms with van der Waals surface area (Å²) < 4.78 is 18.2. The molecular formula is C44H62O10. The molecule has 1 aliphatic heterocycles. The third-order valence-electron chi connectivity index (χ3n) is 19.0. The number of carboxylic acid groups (broad SMARTS) is 2. The lowest BCUT2D eigenvalue weighted by atomic mass is 9.21. The maximum atomic E-state index is 14.0. The first-order chi connectivity index (χ1) is 25.4. The lowest BCUT2D eigenvalue weighted by Crippen LogP contribution is -2.77. The lowest BCUT2D eigenvalue weighted by molar-refractivity contribution is -0.342. The number of hydrogen-bond donors (Lipinski definition) is 5. The highest BCUT2D eigenvalue weighted by Crippen LogP contribution is 2.88. The van der Waals surface area contributed by atoms with Gasteiger partial charge in [-0.2, -0.15) is 0 Å². The second-order valence-corrected chi connectivity index (χ2v) is 20.8. The third-order valence-corrected chi connectivity index (χ3v) is 19.0. The van der Waals surface area contributed by atoms with Crippen molar-refractivity contribution in [2.24, 2.45) is 67.0 Å². The van der Waals surface area contributed by atoms with Gasteiger partial charge in [0, 0.05) is 29.3 Å². The largest absolute Gasteiger partial charge is 0.481 e. The zero-order valence-corrected chi connectivity index (χ0v) is 32.9. The van der Waals surface area contributed by atoms with Crippen LogP contribution in [0, 0.1) is 67.0 Å². The van der Waals surface area contributed by atoms with Crippen molar-refractivity contribution in [2.75, 3.05) is 13.7 Å². The summed E-state index contributed by atoms with van der Waals surface area (Å²) >= 11 is 0. The highest BCUT2D eigenvalue weighted by molar-refractivity contribution is 5.80. The lowest BCUT2D eigenvalue weighted by Gasteiger charge is -2.82. The molecule has 54 heavy (non-hydrogen) atoms. The van der Waals surface area contributed by atoms with Gasteiger partial charge in [-0.25, -0.2) is 4.79 Å². The molecule has 1 heterocycles. The van der Waals surface area contributed by atoms with Crippen LogP contribution in [0.4, 0.5) is 0 Å². The van der Waals surface area contributed by atoms with Crippen molar-refractivity contribution in [1.82, 2.24) is 0 Å². The zero-order chi connectivity index (χ0) is 38.6. The molecule has 298 valence electrons. The van der Waals surface area contributed by atoms with E-state index in [1.807, 2.05) is 0 Å². The Morgan fingerprint density at radius 2 is 1.65 bits per heavy atom. The van der Waals surface area contributed by atoms with E-state index >= 15 is 0 Å². The van der Waals surface area contributed by atoms with Crippen LogP contribution in [0.1, 0.15) is 105 Å². The van der Waals surface area contributed by atoms with Gasteiger partial charge in [0.15, 0.2) is 12.4 Å². The van der Waals surface area contributed by atoms with Crippen LogP contribution in [0.2, 0.25) is 0 Å². The second kappa shape index (κ2) is 11.5. The quantitative estimate of drug-likeness (QED) is 0.164. The predicted molar refractivity (Wildman–Crippen MR) is 198 cm³/mol. The smallest absolute Gasteiger partial charge is 0.335 e. The molecule has 8 aliphatic carbocycles. The SMILES string of the molecule is COC[C@H]1C[C@]2(C)CC=C[C@]3(C2)C2=C[C@H]4CC[C@H]5C[C@H](O[C@@H]6O[C@H](C(=O)O)[C@@H](O)[C@H](O)[C@H]6O)C(C)(C)[C@@H]6CC[C@@]7(C)[C@]2(CC=C[C@]47[C@@]56C)CC[C@@]13C(=O)O. The fourth-order valence-electron chi connectivity index (χ4n) is 17.0. The van der Waals surface area contributed by atoms with Gasteiger partial charge in [-0.05, 0) is 110 Å². The van der Waals surface area contributed by atoms with Gasteiger partial charge in [-0.1, -0.05) is 70.6 Å². The minimum absolute atomic E-state index is 0.00809. The van der Waals surface area contributed by atoms with E-state index in [0.717, 1.165) is 57.8 Å². The van der Waals surface area contributed by atoms with E-state index in [1.54, 1.807) is 7.11 Å². The van der Waals surface area contributed by atoms with E-state index in [-0.39, 0.29) is 56.9 Å². The number of rotatable bonds is 6. The summed E-state index contributed by atoms with van der Waals surface area (Å²) in [6, 6.07) is 0. The van der Waals surface area contributed by atoms with Gasteiger partial charge in [0.25, 0.3) is 0 Å². The summed E-state index contributed by atoms with van der Waals surface area (Å²) in [6.45, 7) is 12.5. The molecule has 0 aromatic rings. The number of carboxylic acids is 2. The first kappa shape index (κ1) is 37.5. The summed E-state index contributed by atoms with van der Waals surface area (Å²) in [4.78, 5) is 26.0. The van der Waals surface area contributed by atoms with E-state index in [0.29, 0.717) is 19.4 Å². The minimum Gasteiger partial charge on any atom is -0.481 e. The van der Waals surface area contributed by atoms with Crippen molar-refractivity contribution in [3.05, 3.63) is 36.0 Å². The molecule has 0 aromatic heterocycles. The molecule has 9 rings (SSSR count). The normalized spacial score (nSPS) is 56.1. The zero-order valence-electron chi connectivity index (χ0n) is 32.9. The van der Waals surface area contributed by atoms with Crippen molar-refractivity contribution in [1.29, 1.82) is 0 Å². The Kier molecular flexibility index (Phi) is 8.00. The summed E-state index contributed by atoms with van der Waals surface area (Å²) in [5.41, 5.74) is -1.02. The Hall–Kier alpha value is -2.08. The number of aliphatic carboxylic acids is 2. The molecule has 5 N–H and O–H groups in total. The van der Waals surface area contributed by atoms with Gasteiger partial charge < -0.3 is 39.7 Å². The topological polar surface area (TPSA) is 163 Å². The van der Waals surface area contributed by atoms with Crippen LogP contribution < -0.4 is 0 Å². The number of aliphatic hydroxyl groups excluding tert-OH is 3. The second-order valence-electron chi connectivity index (χ2n) is 20.8. The van der Waals surface area contributed by atoms with Crippen LogP contribution in [-0.2, 0) is 23.8 Å². The van der Waals surface area contributed by atoms with Crippen LogP contribution >= 0.6 is 0 Å². The molecule has 0 aromatic carbocycles. The van der Waals surface area contributed by atoms with Gasteiger partial charge in [-0.3, -0.25) is 4.79 Å². The van der Waals surface area contributed by atoms with Crippen molar-refractivity contribution in [3.63, 3.8) is 0 Å². The number of aliphatic hydroxyl groups is 3. The van der Waals surface area contributed by atoms with E-state index in [2.05, 4.69) is 65.0 Å². The standard InChI is InChI=1S/C44H62O10/c1-37(2)27-11-16-39(4)41-13-8-15-44(39)25(10-9-24(40(27,44)5)20-29(37)53-35-32(47)30(45)31(46)33(54-35)34(48)49)19-28(41)42-14-7-12-38(3,23-42)21-26(22-52-6)43(42,18-17-41)36(50)51/h7-8,14-15,19,24-27,29-33,35,45-47H,9-13,16-18,20-23H2,1-6H3,(H,48,49)(H,50,51)/t24-,25+,26+,27-,29-,30-,31-,32+,33-,35+,38-,39-,40-,41+,42-,43-,44-/m0/s1. The third kappa shape index (κ3) is 4.04. The number of hydrogen-bond acceptors (Lipinski definition) is 8. The van der Waals surface area contributed by atoms with Crippen LogP contribution in [0.3, 0.4) is 0 Å². The van der Waals surface area contributed by atoms with Crippen molar-refractivity contribution in [2.45, 2.75) is 142 Å². The molecule has 4 bridgehead atoms. The van der Waals surface area contributed by atoms with Crippen LogP contribution in [0.5, 0.6) is 0 Å². The van der Waals surface area contributed by atoms with Crippen LogP contribution in [0.25, 0.3) is 0 Å². The summed E-state index contributed by atoms with van der Waals surface area (Å²) in [5, 5.41) is 53.2. The van der Waals surface area contributed by atoms with Crippen LogP contribution in [0.15, 0.2) is 36.0 Å². The average molecular weight is 751 g/mol. The van der Waals surface area contributed by atoms with Crippen molar-refractivity contribution in [3.8, 4) is 0 Å². The summed E-state index contributed by atoms with van der Waals surface area (Å²) in [6.07, 6.45) is 13.7. The van der Waals surface area contributed by atoms with Gasteiger partial charge in [0.05, 0.1) is 18.1 Å². The first-order valence-corrected chi connectivity index (χ1v) is 20.7. The number of allylic oxidation sites excluding steroid dienone is 6. The summed E-state index contributed by atoms with van der Waals surface area (Å²) in [5.74, 6) is -1.39. The molecular weight excluding hydrogens is 688 g/mol. The highest BCUT2D eigenvalue weighted by Gasteiger charge is 2.82. The average Bonchev–Trinajstić information content (AvgIpc) is 3.08. The molecule has 0 unspecified atom stereocenters. The molecule has 10 heteroatoms. The molecule has 5 saturated carbocycles. The van der Waals surface area contributed by atoms with E-state index < -0.39 is 58.9 Å². The fourth-order valence-corrected chi connectivity index (χ4v) is 17.0. The number of methoxy groups -OCH3 is 1. The molecule has 0 amide bonds. The molecule has 3 spiro atoms. The molecule has 9 aliphatic rings. The van der Waals surface area contributed by atoms with E-state index in [9.17, 15) is 35.1 Å². The van der Waals surface area contributed by atoms with Crippen molar-refractivity contribution < 1.29 is 49.3 Å². The Balaban J connectivity index is 1.16. The Morgan fingerprint density at radius 3 is 2.35 bits per heavy atom. The van der Waals surface area contributed by atoms with Gasteiger partial charge in [-0.15, -0.1) is 0 Å². The van der Waals surface area contributed by atoms with Gasteiger partial charge >= 0.3 is 11.9 Å².